The van der Waals surface area contributed by atoms with Crippen LogP contribution in [-0.4, -0.2) is 35.8 Å². The summed E-state index contributed by atoms with van der Waals surface area (Å²) in [6.45, 7) is 0. The molecule has 0 saturated heterocycles. The van der Waals surface area contributed by atoms with Gasteiger partial charge in [-0.3, -0.25) is 9.10 Å². The molecule has 124 valence electrons. The van der Waals surface area contributed by atoms with E-state index in [-0.39, 0.29) is 21.3 Å². The smallest absolute Gasteiger partial charge is 0.277 e. The number of nitrogens with zero attached hydrogens (tertiary/aromatic N) is 2. The first-order chi connectivity index (χ1) is 11.3. The number of aliphatic hydroxyl groups excluding tert-OH is 1. The number of rotatable bonds is 2. The molecule has 0 fully saturated rings. The van der Waals surface area contributed by atoms with Crippen LogP contribution >= 0.6 is 11.6 Å². The molecule has 0 aliphatic carbocycles. The van der Waals surface area contributed by atoms with Crippen molar-refractivity contribution in [3.05, 3.63) is 58.9 Å². The number of amides is 1. The first kappa shape index (κ1) is 16.3. The zero-order valence-electron chi connectivity index (χ0n) is 12.4. The monoisotopic (exact) mass is 365 g/mol. The number of carbonyl (C=O) groups is 1. The first-order valence-electron chi connectivity index (χ1n) is 6.77. The fraction of sp³-hybridized carbons (Fsp3) is 0.0667. The van der Waals surface area contributed by atoms with Crippen molar-refractivity contribution in [2.24, 2.45) is 0 Å². The number of aliphatic hydroxyl groups is 1. The van der Waals surface area contributed by atoms with Crippen LogP contribution in [0.5, 0.6) is 0 Å². The second-order valence-corrected chi connectivity index (χ2v) is 7.35. The van der Waals surface area contributed by atoms with Gasteiger partial charge in [0.1, 0.15) is 10.7 Å². The highest BCUT2D eigenvalue weighted by Gasteiger charge is 2.38. The van der Waals surface area contributed by atoms with Crippen LogP contribution < -0.4 is 5.32 Å². The van der Waals surface area contributed by atoms with Crippen LogP contribution in [0.25, 0.3) is 5.76 Å². The highest BCUT2D eigenvalue weighted by molar-refractivity contribution is 7.89. The minimum atomic E-state index is -4.01. The zero-order valence-corrected chi connectivity index (χ0v) is 14.0. The van der Waals surface area contributed by atoms with Gasteiger partial charge in [0.15, 0.2) is 11.5 Å². The summed E-state index contributed by atoms with van der Waals surface area (Å²) in [5, 5.41) is 13.1. The van der Waals surface area contributed by atoms with E-state index in [0.717, 1.165) is 4.31 Å². The number of sulfonamides is 1. The molecule has 1 aromatic carbocycles. The Morgan fingerprint density at radius 1 is 1.29 bits per heavy atom. The predicted molar refractivity (Wildman–Crippen MR) is 88.8 cm³/mol. The number of anilines is 1. The van der Waals surface area contributed by atoms with Crippen LogP contribution in [-0.2, 0) is 14.8 Å². The quantitative estimate of drug-likeness (QED) is 0.850. The van der Waals surface area contributed by atoms with E-state index in [1.165, 1.54) is 31.4 Å². The Bertz CT molecular complexity index is 958. The fourth-order valence-corrected chi connectivity index (χ4v) is 3.97. The molecule has 24 heavy (non-hydrogen) atoms. The highest BCUT2D eigenvalue weighted by atomic mass is 35.5. The molecule has 3 rings (SSSR count). The van der Waals surface area contributed by atoms with E-state index in [1.807, 2.05) is 0 Å². The van der Waals surface area contributed by atoms with Gasteiger partial charge in [0.05, 0.1) is 0 Å². The number of nitrogens with one attached hydrogen (secondary N) is 1. The fourth-order valence-electron chi connectivity index (χ4n) is 2.31. The number of halogens is 1. The topological polar surface area (TPSA) is 99.6 Å². The average Bonchev–Trinajstić information content (AvgIpc) is 2.54. The molecule has 1 aliphatic heterocycles. The van der Waals surface area contributed by atoms with Crippen molar-refractivity contribution in [1.82, 2.24) is 9.29 Å². The maximum atomic E-state index is 12.6. The van der Waals surface area contributed by atoms with E-state index < -0.39 is 27.4 Å². The molecule has 2 heterocycles. The zero-order chi connectivity index (χ0) is 17.5. The van der Waals surface area contributed by atoms with Crippen molar-refractivity contribution in [2.75, 3.05) is 12.4 Å². The average molecular weight is 366 g/mol. The van der Waals surface area contributed by atoms with Crippen molar-refractivity contribution >= 4 is 39.1 Å². The molecule has 9 heteroatoms. The standard InChI is InChI=1S/C15H12ClN3O4S/c1-19-13(15(21)18-12-4-2-3-7-17-12)14(20)10-6-5-9(16)8-11(10)24(19,22)23/h2-8,20H,1H3,(H,17,18,21). The SMILES string of the molecule is CN1C(C(=O)Nc2ccccn2)=C(O)c2ccc(Cl)cc2S1(=O)=O. The Kier molecular flexibility index (Phi) is 3.94. The number of aromatic nitrogens is 1. The summed E-state index contributed by atoms with van der Waals surface area (Å²) < 4.78 is 25.9. The van der Waals surface area contributed by atoms with Crippen LogP contribution in [0.4, 0.5) is 5.82 Å². The van der Waals surface area contributed by atoms with Gasteiger partial charge in [-0.1, -0.05) is 17.7 Å². The number of hydrogen-bond acceptors (Lipinski definition) is 5. The second-order valence-electron chi connectivity index (χ2n) is 4.98. The van der Waals surface area contributed by atoms with Gasteiger partial charge in [-0.25, -0.2) is 13.4 Å². The van der Waals surface area contributed by atoms with Crippen LogP contribution in [0.1, 0.15) is 5.56 Å². The van der Waals surface area contributed by atoms with Gasteiger partial charge < -0.3 is 10.4 Å². The van der Waals surface area contributed by atoms with E-state index in [4.69, 9.17) is 11.6 Å². The molecule has 7 nitrogen and oxygen atoms in total. The number of pyridine rings is 1. The summed E-state index contributed by atoms with van der Waals surface area (Å²) in [6.07, 6.45) is 1.47. The summed E-state index contributed by atoms with van der Waals surface area (Å²) in [5.74, 6) is -1.01. The van der Waals surface area contributed by atoms with E-state index >= 15 is 0 Å². The number of fused-ring (bicyclic) bond motifs is 1. The molecule has 0 spiro atoms. The third kappa shape index (κ3) is 2.59. The van der Waals surface area contributed by atoms with Gasteiger partial charge in [0, 0.05) is 23.8 Å². The van der Waals surface area contributed by atoms with E-state index in [0.29, 0.717) is 0 Å². The molecule has 0 saturated carbocycles. The largest absolute Gasteiger partial charge is 0.505 e. The molecular formula is C15H12ClN3O4S. The minimum absolute atomic E-state index is 0.0173. The normalized spacial score (nSPS) is 15.8. The molecule has 2 N–H and O–H groups in total. The van der Waals surface area contributed by atoms with Crippen LogP contribution in [0.15, 0.2) is 53.2 Å². The summed E-state index contributed by atoms with van der Waals surface area (Å²) in [4.78, 5) is 16.2. The van der Waals surface area contributed by atoms with Crippen LogP contribution in [0.2, 0.25) is 5.02 Å². The van der Waals surface area contributed by atoms with Crippen molar-refractivity contribution in [3.63, 3.8) is 0 Å². The summed E-state index contributed by atoms with van der Waals surface area (Å²) >= 11 is 5.84. The lowest BCUT2D eigenvalue weighted by Gasteiger charge is -2.28. The Morgan fingerprint density at radius 3 is 2.71 bits per heavy atom. The molecule has 2 aromatic rings. The number of carbonyl (C=O) groups excluding carboxylic acids is 1. The molecule has 0 bridgehead atoms. The Morgan fingerprint density at radius 2 is 2.04 bits per heavy atom. The van der Waals surface area contributed by atoms with Gasteiger partial charge >= 0.3 is 0 Å². The lowest BCUT2D eigenvalue weighted by molar-refractivity contribution is -0.113. The third-order valence-corrected chi connectivity index (χ3v) is 5.53. The predicted octanol–water partition coefficient (Wildman–Crippen LogP) is 2.23. The van der Waals surface area contributed by atoms with Crippen molar-refractivity contribution in [1.29, 1.82) is 0 Å². The van der Waals surface area contributed by atoms with E-state index in [2.05, 4.69) is 10.3 Å². The van der Waals surface area contributed by atoms with Crippen LogP contribution in [0.3, 0.4) is 0 Å². The second kappa shape index (κ2) is 5.81. The van der Waals surface area contributed by atoms with Crippen molar-refractivity contribution < 1.29 is 18.3 Å². The molecule has 1 aliphatic rings. The summed E-state index contributed by atoms with van der Waals surface area (Å²) in [6, 6.07) is 8.89. The summed E-state index contributed by atoms with van der Waals surface area (Å²) in [5.41, 5.74) is -0.376. The van der Waals surface area contributed by atoms with Gasteiger partial charge in [0.25, 0.3) is 15.9 Å². The van der Waals surface area contributed by atoms with E-state index in [9.17, 15) is 18.3 Å². The van der Waals surface area contributed by atoms with Gasteiger partial charge in [-0.15, -0.1) is 0 Å². The molecule has 1 aromatic heterocycles. The highest BCUT2D eigenvalue weighted by Crippen LogP contribution is 2.36. The lowest BCUT2D eigenvalue weighted by Crippen LogP contribution is -2.37. The molecule has 0 atom stereocenters. The Hall–Kier alpha value is -2.58. The maximum absolute atomic E-state index is 12.6. The molecule has 0 unspecified atom stereocenters. The van der Waals surface area contributed by atoms with Crippen molar-refractivity contribution in [2.45, 2.75) is 4.90 Å². The van der Waals surface area contributed by atoms with Crippen molar-refractivity contribution in [3.8, 4) is 0 Å². The van der Waals surface area contributed by atoms with Gasteiger partial charge in [0.2, 0.25) is 0 Å². The minimum Gasteiger partial charge on any atom is -0.505 e. The number of likely N-dealkylation sites (N-methyl/N-ethyl adjacent to an activating group) is 1. The maximum Gasteiger partial charge on any atom is 0.277 e. The number of benzene rings is 1. The molecular weight excluding hydrogens is 354 g/mol. The third-order valence-electron chi connectivity index (χ3n) is 3.50. The summed E-state index contributed by atoms with van der Waals surface area (Å²) in [7, 11) is -2.83. The van der Waals surface area contributed by atoms with Crippen LogP contribution in [0, 0.1) is 0 Å². The lowest BCUT2D eigenvalue weighted by atomic mass is 10.1. The Balaban J connectivity index is 2.11. The Labute approximate surface area is 143 Å². The molecule has 0 radical (unpaired) electrons. The van der Waals surface area contributed by atoms with Gasteiger partial charge in [-0.2, -0.15) is 0 Å². The molecule has 1 amide bonds. The van der Waals surface area contributed by atoms with E-state index in [1.54, 1.807) is 18.2 Å². The number of hydrogen-bond donors (Lipinski definition) is 2. The van der Waals surface area contributed by atoms with Gasteiger partial charge in [-0.05, 0) is 30.3 Å². The first-order valence-corrected chi connectivity index (χ1v) is 8.58.